The predicted molar refractivity (Wildman–Crippen MR) is 63.6 cm³/mol. The number of nitro benzene ring substituents is 1. The number of non-ortho nitro benzene ring substituents is 1. The molecule has 0 saturated carbocycles. The molecule has 6 nitrogen and oxygen atoms in total. The smallest absolute Gasteiger partial charge is 0.269 e. The standard InChI is InChI=1S/C11H12N4O2/c1-14-8-9(7-13-14)6-12-10-2-4-11(5-3-10)15(16)17/h2-5,7-8,12H,6H2,1H3. The molecule has 88 valence electrons. The molecule has 6 heteroatoms. The molecule has 1 aromatic heterocycles. The van der Waals surface area contributed by atoms with Crippen LogP contribution < -0.4 is 5.32 Å². The summed E-state index contributed by atoms with van der Waals surface area (Å²) in [5.41, 5.74) is 2.00. The molecule has 2 rings (SSSR count). The van der Waals surface area contributed by atoms with Gasteiger partial charge < -0.3 is 5.32 Å². The van der Waals surface area contributed by atoms with Crippen molar-refractivity contribution in [3.63, 3.8) is 0 Å². The number of aryl methyl sites for hydroxylation is 1. The molecule has 0 unspecified atom stereocenters. The zero-order valence-corrected chi connectivity index (χ0v) is 9.33. The Hall–Kier alpha value is -2.37. The summed E-state index contributed by atoms with van der Waals surface area (Å²) >= 11 is 0. The molecule has 1 aromatic carbocycles. The van der Waals surface area contributed by atoms with Gasteiger partial charge in [0.25, 0.3) is 5.69 Å². The van der Waals surface area contributed by atoms with Crippen LogP contribution in [-0.2, 0) is 13.6 Å². The molecule has 0 aliphatic heterocycles. The fourth-order valence-electron chi connectivity index (χ4n) is 1.47. The lowest BCUT2D eigenvalue weighted by Crippen LogP contribution is -1.98. The summed E-state index contributed by atoms with van der Waals surface area (Å²) in [7, 11) is 1.86. The van der Waals surface area contributed by atoms with Crippen LogP contribution in [0.3, 0.4) is 0 Å². The molecular formula is C11H12N4O2. The highest BCUT2D eigenvalue weighted by atomic mass is 16.6. The topological polar surface area (TPSA) is 73.0 Å². The third kappa shape index (κ3) is 2.81. The molecule has 0 aliphatic carbocycles. The summed E-state index contributed by atoms with van der Waals surface area (Å²) in [5.74, 6) is 0. The van der Waals surface area contributed by atoms with Gasteiger partial charge in [0.05, 0.1) is 11.1 Å². The number of nitrogens with one attached hydrogen (secondary N) is 1. The van der Waals surface area contributed by atoms with Crippen LogP contribution in [0.5, 0.6) is 0 Å². The lowest BCUT2D eigenvalue weighted by atomic mass is 10.2. The maximum absolute atomic E-state index is 10.5. The molecule has 0 bridgehead atoms. The van der Waals surface area contributed by atoms with Gasteiger partial charge in [0.2, 0.25) is 0 Å². The summed E-state index contributed by atoms with van der Waals surface area (Å²) in [5, 5.41) is 17.7. The monoisotopic (exact) mass is 232 g/mol. The van der Waals surface area contributed by atoms with Crippen molar-refractivity contribution in [1.29, 1.82) is 0 Å². The third-order valence-corrected chi connectivity index (χ3v) is 2.33. The first-order chi connectivity index (χ1) is 8.15. The van der Waals surface area contributed by atoms with Crippen LogP contribution in [0.25, 0.3) is 0 Å². The molecule has 1 heterocycles. The number of aromatic nitrogens is 2. The van der Waals surface area contributed by atoms with Crippen molar-refractivity contribution < 1.29 is 4.92 Å². The SMILES string of the molecule is Cn1cc(CNc2ccc([N+](=O)[O-])cc2)cn1. The fraction of sp³-hybridized carbons (Fsp3) is 0.182. The number of nitro groups is 1. The lowest BCUT2D eigenvalue weighted by molar-refractivity contribution is -0.384. The maximum atomic E-state index is 10.5. The molecule has 0 amide bonds. The normalized spacial score (nSPS) is 10.2. The largest absolute Gasteiger partial charge is 0.381 e. The highest BCUT2D eigenvalue weighted by Crippen LogP contribution is 2.15. The van der Waals surface area contributed by atoms with E-state index in [9.17, 15) is 10.1 Å². The average Bonchev–Trinajstić information content (AvgIpc) is 2.73. The molecule has 0 radical (unpaired) electrons. The van der Waals surface area contributed by atoms with Crippen LogP contribution in [-0.4, -0.2) is 14.7 Å². The number of rotatable bonds is 4. The molecule has 0 atom stereocenters. The van der Waals surface area contributed by atoms with Gasteiger partial charge in [0.1, 0.15) is 0 Å². The fourth-order valence-corrected chi connectivity index (χ4v) is 1.47. The Labute approximate surface area is 98.0 Å². The van der Waals surface area contributed by atoms with Crippen molar-refractivity contribution in [2.24, 2.45) is 7.05 Å². The first kappa shape index (κ1) is 11.1. The highest BCUT2D eigenvalue weighted by molar-refractivity contribution is 5.48. The van der Waals surface area contributed by atoms with Crippen molar-refractivity contribution in [1.82, 2.24) is 9.78 Å². The summed E-state index contributed by atoms with van der Waals surface area (Å²) in [4.78, 5) is 10.1. The van der Waals surface area contributed by atoms with E-state index in [1.807, 2.05) is 13.2 Å². The Morgan fingerprint density at radius 3 is 2.65 bits per heavy atom. The van der Waals surface area contributed by atoms with E-state index in [1.54, 1.807) is 23.0 Å². The second-order valence-corrected chi connectivity index (χ2v) is 3.68. The van der Waals surface area contributed by atoms with Crippen molar-refractivity contribution >= 4 is 11.4 Å². The number of hydrogen-bond donors (Lipinski definition) is 1. The van der Waals surface area contributed by atoms with Crippen molar-refractivity contribution in [3.8, 4) is 0 Å². The van der Waals surface area contributed by atoms with Crippen LogP contribution in [0.2, 0.25) is 0 Å². The van der Waals surface area contributed by atoms with E-state index in [0.717, 1.165) is 11.3 Å². The molecular weight excluding hydrogens is 220 g/mol. The van der Waals surface area contributed by atoms with Crippen LogP contribution in [0.15, 0.2) is 36.7 Å². The minimum absolute atomic E-state index is 0.0944. The van der Waals surface area contributed by atoms with Gasteiger partial charge in [-0.05, 0) is 12.1 Å². The van der Waals surface area contributed by atoms with Crippen molar-refractivity contribution in [2.45, 2.75) is 6.54 Å². The second-order valence-electron chi connectivity index (χ2n) is 3.68. The van der Waals surface area contributed by atoms with E-state index in [0.29, 0.717) is 6.54 Å². The second kappa shape index (κ2) is 4.65. The van der Waals surface area contributed by atoms with E-state index in [4.69, 9.17) is 0 Å². The van der Waals surface area contributed by atoms with Gasteiger partial charge in [-0.1, -0.05) is 0 Å². The summed E-state index contributed by atoms with van der Waals surface area (Å²) in [6, 6.07) is 6.33. The van der Waals surface area contributed by atoms with E-state index in [-0.39, 0.29) is 5.69 Å². The maximum Gasteiger partial charge on any atom is 0.269 e. The van der Waals surface area contributed by atoms with E-state index in [2.05, 4.69) is 10.4 Å². The Morgan fingerprint density at radius 1 is 1.41 bits per heavy atom. The molecule has 0 fully saturated rings. The average molecular weight is 232 g/mol. The molecule has 0 spiro atoms. The van der Waals surface area contributed by atoms with Crippen LogP contribution in [0, 0.1) is 10.1 Å². The van der Waals surface area contributed by atoms with Gasteiger partial charge in [0.15, 0.2) is 0 Å². The van der Waals surface area contributed by atoms with Crippen LogP contribution in [0.4, 0.5) is 11.4 Å². The lowest BCUT2D eigenvalue weighted by Gasteiger charge is -2.03. The zero-order chi connectivity index (χ0) is 12.3. The predicted octanol–water partition coefficient (Wildman–Crippen LogP) is 1.94. The highest BCUT2D eigenvalue weighted by Gasteiger charge is 2.03. The summed E-state index contributed by atoms with van der Waals surface area (Å²) in [6.07, 6.45) is 3.69. The van der Waals surface area contributed by atoms with E-state index >= 15 is 0 Å². The Kier molecular flexibility index (Phi) is 3.04. The molecule has 2 aromatic rings. The van der Waals surface area contributed by atoms with Crippen LogP contribution in [0.1, 0.15) is 5.56 Å². The third-order valence-electron chi connectivity index (χ3n) is 2.33. The first-order valence-corrected chi connectivity index (χ1v) is 5.11. The molecule has 0 saturated heterocycles. The molecule has 1 N–H and O–H groups in total. The Bertz CT molecular complexity index is 519. The number of benzene rings is 1. The Balaban J connectivity index is 1.97. The van der Waals surface area contributed by atoms with E-state index in [1.165, 1.54) is 12.1 Å². The van der Waals surface area contributed by atoms with Gasteiger partial charge in [-0.3, -0.25) is 14.8 Å². The van der Waals surface area contributed by atoms with Crippen molar-refractivity contribution in [2.75, 3.05) is 5.32 Å². The minimum Gasteiger partial charge on any atom is -0.381 e. The Morgan fingerprint density at radius 2 is 2.12 bits per heavy atom. The minimum atomic E-state index is -0.412. The van der Waals surface area contributed by atoms with Gasteiger partial charge in [-0.25, -0.2) is 0 Å². The van der Waals surface area contributed by atoms with Crippen molar-refractivity contribution in [3.05, 3.63) is 52.3 Å². The number of anilines is 1. The summed E-state index contributed by atoms with van der Waals surface area (Å²) in [6.45, 7) is 0.644. The molecule has 17 heavy (non-hydrogen) atoms. The first-order valence-electron chi connectivity index (χ1n) is 5.11. The quantitative estimate of drug-likeness (QED) is 0.645. The van der Waals surface area contributed by atoms with E-state index < -0.39 is 4.92 Å². The molecule has 0 aliphatic rings. The van der Waals surface area contributed by atoms with Gasteiger partial charge in [-0.15, -0.1) is 0 Å². The van der Waals surface area contributed by atoms with Gasteiger partial charge >= 0.3 is 0 Å². The van der Waals surface area contributed by atoms with Gasteiger partial charge in [-0.2, -0.15) is 5.10 Å². The summed E-state index contributed by atoms with van der Waals surface area (Å²) < 4.78 is 1.73. The van der Waals surface area contributed by atoms with Gasteiger partial charge in [0, 0.05) is 43.2 Å². The zero-order valence-electron chi connectivity index (χ0n) is 9.33. The van der Waals surface area contributed by atoms with Crippen LogP contribution >= 0.6 is 0 Å². The number of hydrogen-bond acceptors (Lipinski definition) is 4. The number of nitrogens with zero attached hydrogens (tertiary/aromatic N) is 3.